The Labute approximate surface area is 211 Å². The second-order valence-corrected chi connectivity index (χ2v) is 14.2. The summed E-state index contributed by atoms with van der Waals surface area (Å²) < 4.78 is 49.9. The number of carbonyl (C=O) groups is 1. The Kier molecular flexibility index (Phi) is 6.38. The Bertz CT molecular complexity index is 1550. The van der Waals surface area contributed by atoms with Crippen LogP contribution in [0.3, 0.4) is 0 Å². The van der Waals surface area contributed by atoms with E-state index in [0.717, 1.165) is 22.9 Å². The number of aromatic hydroxyl groups is 1. The van der Waals surface area contributed by atoms with E-state index in [1.54, 1.807) is 62.1 Å². The molecule has 1 heterocycles. The van der Waals surface area contributed by atoms with Crippen molar-refractivity contribution in [1.82, 2.24) is 0 Å². The van der Waals surface area contributed by atoms with Gasteiger partial charge >= 0.3 is 0 Å². The Morgan fingerprint density at radius 1 is 0.889 bits per heavy atom. The highest BCUT2D eigenvalue weighted by Gasteiger charge is 2.31. The van der Waals surface area contributed by atoms with Crippen LogP contribution >= 0.6 is 0 Å². The van der Waals surface area contributed by atoms with E-state index in [-0.39, 0.29) is 22.2 Å². The molecule has 3 aromatic rings. The predicted molar refractivity (Wildman–Crippen MR) is 141 cm³/mol. The molecular weight excluding hydrogens is 500 g/mol. The van der Waals surface area contributed by atoms with E-state index in [2.05, 4.69) is 4.72 Å². The van der Waals surface area contributed by atoms with Gasteiger partial charge in [-0.05, 0) is 80.3 Å². The molecule has 0 aromatic heterocycles. The zero-order valence-corrected chi connectivity index (χ0v) is 22.1. The third kappa shape index (κ3) is 4.96. The van der Waals surface area contributed by atoms with Gasteiger partial charge in [-0.25, -0.2) is 16.8 Å². The summed E-state index contributed by atoms with van der Waals surface area (Å²) in [5.41, 5.74) is 3.58. The maximum absolute atomic E-state index is 13.3. The van der Waals surface area contributed by atoms with E-state index < -0.39 is 24.6 Å². The molecule has 0 unspecified atom stereocenters. The Balaban J connectivity index is 1.61. The van der Waals surface area contributed by atoms with Gasteiger partial charge in [-0.15, -0.1) is 0 Å². The number of phenolic OH excluding ortho intramolecular Hbond substituents is 1. The number of rotatable bonds is 5. The molecule has 3 aromatic carbocycles. The fourth-order valence-corrected chi connectivity index (χ4v) is 5.83. The lowest BCUT2D eigenvalue weighted by Crippen LogP contribution is -2.37. The molecule has 0 atom stereocenters. The van der Waals surface area contributed by atoms with E-state index in [1.807, 2.05) is 12.1 Å². The van der Waals surface area contributed by atoms with Gasteiger partial charge in [0.25, 0.3) is 5.91 Å². The molecule has 0 bridgehead atoms. The smallest absolute Gasteiger partial charge is 0.258 e. The SMILES string of the molecule is CC(C)(C)S(=O)(=O)c1ccc(-c2ccc3c(c2)CCN(c2ccc(O)c(NS(C)(=O)=O)c2)C3=O)cc1. The van der Waals surface area contributed by atoms with Gasteiger partial charge in [0.1, 0.15) is 5.75 Å². The summed E-state index contributed by atoms with van der Waals surface area (Å²) in [6, 6.07) is 16.6. The average Bonchev–Trinajstić information content (AvgIpc) is 2.79. The summed E-state index contributed by atoms with van der Waals surface area (Å²) in [4.78, 5) is 15.1. The molecule has 1 aliphatic heterocycles. The Morgan fingerprint density at radius 3 is 2.14 bits per heavy atom. The summed E-state index contributed by atoms with van der Waals surface area (Å²) in [6.07, 6.45) is 1.55. The molecule has 190 valence electrons. The molecule has 36 heavy (non-hydrogen) atoms. The van der Waals surface area contributed by atoms with Crippen LogP contribution < -0.4 is 9.62 Å². The van der Waals surface area contributed by atoms with E-state index in [1.165, 1.54) is 12.1 Å². The van der Waals surface area contributed by atoms with Gasteiger partial charge in [0.05, 0.1) is 21.6 Å². The number of benzene rings is 3. The van der Waals surface area contributed by atoms with Crippen molar-refractivity contribution >= 4 is 37.1 Å². The third-order valence-electron chi connectivity index (χ3n) is 6.08. The highest BCUT2D eigenvalue weighted by Crippen LogP contribution is 2.34. The number of anilines is 2. The number of phenols is 1. The zero-order chi connectivity index (χ0) is 26.5. The zero-order valence-electron chi connectivity index (χ0n) is 20.4. The van der Waals surface area contributed by atoms with Gasteiger partial charge in [0, 0.05) is 17.8 Å². The van der Waals surface area contributed by atoms with Crippen LogP contribution in [0, 0.1) is 0 Å². The first-order valence-corrected chi connectivity index (χ1v) is 14.7. The van der Waals surface area contributed by atoms with Crippen LogP contribution in [-0.2, 0) is 26.3 Å². The first kappa shape index (κ1) is 25.7. The first-order valence-electron chi connectivity index (χ1n) is 11.3. The molecule has 1 amide bonds. The van der Waals surface area contributed by atoms with Crippen LogP contribution in [0.1, 0.15) is 36.7 Å². The van der Waals surface area contributed by atoms with E-state index in [4.69, 9.17) is 0 Å². The van der Waals surface area contributed by atoms with Gasteiger partial charge < -0.3 is 10.0 Å². The van der Waals surface area contributed by atoms with Gasteiger partial charge in [-0.2, -0.15) is 0 Å². The minimum atomic E-state index is -3.61. The average molecular weight is 529 g/mol. The molecule has 0 saturated heterocycles. The van der Waals surface area contributed by atoms with Crippen LogP contribution in [0.15, 0.2) is 65.6 Å². The van der Waals surface area contributed by atoms with Crippen molar-refractivity contribution in [3.8, 4) is 16.9 Å². The highest BCUT2D eigenvalue weighted by atomic mass is 32.2. The number of nitrogens with zero attached hydrogens (tertiary/aromatic N) is 1. The molecule has 8 nitrogen and oxygen atoms in total. The maximum atomic E-state index is 13.3. The molecule has 0 aliphatic carbocycles. The number of amides is 1. The van der Waals surface area contributed by atoms with Crippen LogP contribution in [-0.4, -0.2) is 45.4 Å². The Morgan fingerprint density at radius 2 is 1.53 bits per heavy atom. The van der Waals surface area contributed by atoms with Crippen molar-refractivity contribution < 1.29 is 26.7 Å². The van der Waals surface area contributed by atoms with Crippen molar-refractivity contribution in [2.75, 3.05) is 22.4 Å². The van der Waals surface area contributed by atoms with E-state index in [0.29, 0.717) is 24.2 Å². The van der Waals surface area contributed by atoms with Crippen molar-refractivity contribution in [1.29, 1.82) is 0 Å². The second-order valence-electron chi connectivity index (χ2n) is 9.79. The largest absolute Gasteiger partial charge is 0.506 e. The number of hydrogen-bond acceptors (Lipinski definition) is 6. The second kappa shape index (κ2) is 8.94. The number of nitrogens with one attached hydrogen (secondary N) is 1. The first-order chi connectivity index (χ1) is 16.7. The lowest BCUT2D eigenvalue weighted by Gasteiger charge is -2.29. The summed E-state index contributed by atoms with van der Waals surface area (Å²) in [6.45, 7) is 5.38. The third-order valence-corrected chi connectivity index (χ3v) is 9.17. The molecule has 0 saturated carbocycles. The van der Waals surface area contributed by atoms with Crippen LogP contribution in [0.2, 0.25) is 0 Å². The van der Waals surface area contributed by atoms with E-state index in [9.17, 15) is 26.7 Å². The minimum Gasteiger partial charge on any atom is -0.506 e. The number of hydrogen-bond donors (Lipinski definition) is 2. The summed E-state index contributed by atoms with van der Waals surface area (Å²) >= 11 is 0. The predicted octanol–water partition coefficient (Wildman–Crippen LogP) is 4.21. The number of sulfonamides is 1. The molecule has 2 N–H and O–H groups in total. The molecule has 4 rings (SSSR count). The highest BCUT2D eigenvalue weighted by molar-refractivity contribution is 7.92. The van der Waals surface area contributed by atoms with Crippen molar-refractivity contribution in [2.45, 2.75) is 36.8 Å². The van der Waals surface area contributed by atoms with E-state index >= 15 is 0 Å². The summed E-state index contributed by atoms with van der Waals surface area (Å²) in [7, 11) is -7.06. The minimum absolute atomic E-state index is 0.000802. The van der Waals surface area contributed by atoms with Crippen molar-refractivity contribution in [2.24, 2.45) is 0 Å². The van der Waals surface area contributed by atoms with Gasteiger partial charge in [-0.1, -0.05) is 24.3 Å². The summed E-state index contributed by atoms with van der Waals surface area (Å²) in [5.74, 6) is -0.467. The van der Waals surface area contributed by atoms with Gasteiger partial charge in [0.15, 0.2) is 9.84 Å². The van der Waals surface area contributed by atoms with Gasteiger partial charge in [0.2, 0.25) is 10.0 Å². The number of carbonyl (C=O) groups excluding carboxylic acids is 1. The quantitative estimate of drug-likeness (QED) is 0.479. The fraction of sp³-hybridized carbons (Fsp3) is 0.269. The monoisotopic (exact) mass is 528 g/mol. The van der Waals surface area contributed by atoms with Crippen molar-refractivity contribution in [3.63, 3.8) is 0 Å². The van der Waals surface area contributed by atoms with Crippen LogP contribution in [0.5, 0.6) is 5.75 Å². The van der Waals surface area contributed by atoms with Crippen LogP contribution in [0.25, 0.3) is 11.1 Å². The summed E-state index contributed by atoms with van der Waals surface area (Å²) in [5, 5.41) is 10.00. The molecule has 10 heteroatoms. The Hall–Kier alpha value is -3.37. The molecule has 0 radical (unpaired) electrons. The molecule has 0 fully saturated rings. The molecule has 1 aliphatic rings. The normalized spacial score (nSPS) is 14.4. The van der Waals surface area contributed by atoms with Gasteiger partial charge in [-0.3, -0.25) is 9.52 Å². The standard InChI is InChI=1S/C26H28N2O6S2/c1-26(2,3)36(33,34)21-9-5-17(6-10-21)18-7-11-22-19(15-18)13-14-28(25(22)30)20-8-12-24(29)23(16-20)27-35(4,31)32/h5-12,15-16,27,29H,13-14H2,1-4H3. The fourth-order valence-electron chi connectivity index (χ4n) is 4.07. The maximum Gasteiger partial charge on any atom is 0.258 e. The molecular formula is C26H28N2O6S2. The molecule has 0 spiro atoms. The van der Waals surface area contributed by atoms with Crippen molar-refractivity contribution in [3.05, 3.63) is 71.8 Å². The number of fused-ring (bicyclic) bond motifs is 1. The lowest BCUT2D eigenvalue weighted by atomic mass is 9.94. The topological polar surface area (TPSA) is 121 Å². The lowest BCUT2D eigenvalue weighted by molar-refractivity contribution is 0.0980. The number of sulfone groups is 1. The van der Waals surface area contributed by atoms with Crippen LogP contribution in [0.4, 0.5) is 11.4 Å².